The summed E-state index contributed by atoms with van der Waals surface area (Å²) < 4.78 is 2.27. The number of aromatic nitrogens is 2. The van der Waals surface area contributed by atoms with Crippen LogP contribution in [0.4, 0.5) is 5.82 Å². The van der Waals surface area contributed by atoms with Gasteiger partial charge in [-0.2, -0.15) is 5.10 Å². The molecule has 1 amide bonds. The molecule has 1 aromatic rings. The molecule has 0 unspecified atom stereocenters. The van der Waals surface area contributed by atoms with Crippen molar-refractivity contribution in [3.63, 3.8) is 0 Å². The number of nitrogens with one attached hydrogen (secondary N) is 1. The predicted octanol–water partition coefficient (Wildman–Crippen LogP) is 2.12. The Bertz CT molecular complexity index is 618. The van der Waals surface area contributed by atoms with E-state index < -0.39 is 0 Å². The van der Waals surface area contributed by atoms with Crippen LogP contribution in [0, 0.1) is 19.3 Å². The van der Waals surface area contributed by atoms with E-state index in [0.29, 0.717) is 11.5 Å². The van der Waals surface area contributed by atoms with Crippen LogP contribution in [0.3, 0.4) is 0 Å². The maximum absolute atomic E-state index is 11.5. The Hall–Kier alpha value is -1.56. The molecule has 3 heterocycles. The summed E-state index contributed by atoms with van der Waals surface area (Å²) in [5.41, 5.74) is 3.18. The van der Waals surface area contributed by atoms with E-state index >= 15 is 0 Å². The van der Waals surface area contributed by atoms with Crippen LogP contribution in [0.25, 0.3) is 0 Å². The highest BCUT2D eigenvalue weighted by Gasteiger charge is 2.49. The fourth-order valence-corrected chi connectivity index (χ4v) is 4.35. The first-order valence-corrected chi connectivity index (χ1v) is 9.76. The number of amides is 1. The Labute approximate surface area is 151 Å². The van der Waals surface area contributed by atoms with Gasteiger partial charge in [-0.1, -0.05) is 13.8 Å². The largest absolute Gasteiger partial charge is 0.351 e. The second kappa shape index (κ2) is 6.98. The van der Waals surface area contributed by atoms with E-state index in [1.165, 1.54) is 37.2 Å². The summed E-state index contributed by atoms with van der Waals surface area (Å²) >= 11 is 0. The first-order valence-electron chi connectivity index (χ1n) is 9.76. The molecule has 3 aliphatic rings. The van der Waals surface area contributed by atoms with Gasteiger partial charge in [0.1, 0.15) is 0 Å². The highest BCUT2D eigenvalue weighted by atomic mass is 16.2. The molecule has 4 rings (SSSR count). The highest BCUT2D eigenvalue weighted by Crippen LogP contribution is 2.51. The van der Waals surface area contributed by atoms with Gasteiger partial charge in [-0.3, -0.25) is 9.48 Å². The molecule has 1 aromatic heterocycles. The number of carbonyl (C=O) groups is 1. The maximum Gasteiger partial charge on any atom is 0.219 e. The molecule has 6 nitrogen and oxygen atoms in total. The molecule has 140 valence electrons. The smallest absolute Gasteiger partial charge is 0.219 e. The van der Waals surface area contributed by atoms with Crippen LogP contribution < -0.4 is 10.2 Å². The van der Waals surface area contributed by atoms with Crippen molar-refractivity contribution in [3.05, 3.63) is 11.3 Å². The van der Waals surface area contributed by atoms with Crippen LogP contribution in [0.15, 0.2) is 0 Å². The summed E-state index contributed by atoms with van der Waals surface area (Å²) in [6, 6.07) is 0.572. The topological polar surface area (TPSA) is 53.4 Å². The van der Waals surface area contributed by atoms with Gasteiger partial charge < -0.3 is 15.1 Å². The number of carbonyl (C=O) groups excluding carboxylic acids is 1. The van der Waals surface area contributed by atoms with Crippen LogP contribution >= 0.6 is 0 Å². The van der Waals surface area contributed by atoms with E-state index in [-0.39, 0.29) is 5.91 Å². The third-order valence-corrected chi connectivity index (χ3v) is 6.13. The Morgan fingerprint density at radius 2 is 1.72 bits per heavy atom. The number of anilines is 1. The minimum atomic E-state index is 0.178. The van der Waals surface area contributed by atoms with Gasteiger partial charge in [0.2, 0.25) is 5.91 Å². The van der Waals surface area contributed by atoms with E-state index in [0.717, 1.165) is 32.0 Å². The molecule has 0 bridgehead atoms. The number of rotatable bonds is 2. The molecule has 3 fully saturated rings. The minimum Gasteiger partial charge on any atom is -0.351 e. The first kappa shape index (κ1) is 18.2. The van der Waals surface area contributed by atoms with E-state index in [4.69, 9.17) is 5.10 Å². The molecule has 0 atom stereocenters. The first-order chi connectivity index (χ1) is 12.0. The molecule has 1 N–H and O–H groups in total. The predicted molar refractivity (Wildman–Crippen MR) is 101 cm³/mol. The summed E-state index contributed by atoms with van der Waals surface area (Å²) in [5, 5.41) is 8.37. The van der Waals surface area contributed by atoms with Gasteiger partial charge in [0.05, 0.1) is 6.04 Å². The van der Waals surface area contributed by atoms with Gasteiger partial charge in [-0.15, -0.1) is 0 Å². The zero-order valence-electron chi connectivity index (χ0n) is 16.4. The molecule has 2 saturated heterocycles. The fraction of sp³-hybridized carbons (Fsp3) is 0.789. The second-order valence-corrected chi connectivity index (χ2v) is 7.64. The summed E-state index contributed by atoms with van der Waals surface area (Å²) in [5.74, 6) is 1.30. The fourth-order valence-electron chi connectivity index (χ4n) is 4.35. The zero-order chi connectivity index (χ0) is 18.2. The lowest BCUT2D eigenvalue weighted by Gasteiger charge is -2.54. The lowest BCUT2D eigenvalue weighted by Crippen LogP contribution is -2.60. The van der Waals surface area contributed by atoms with Gasteiger partial charge in [0.25, 0.3) is 0 Å². The van der Waals surface area contributed by atoms with Crippen LogP contribution in [-0.2, 0) is 4.79 Å². The minimum absolute atomic E-state index is 0.178. The van der Waals surface area contributed by atoms with Gasteiger partial charge in [-0.05, 0) is 32.1 Å². The van der Waals surface area contributed by atoms with Crippen LogP contribution in [-0.4, -0.2) is 59.9 Å². The summed E-state index contributed by atoms with van der Waals surface area (Å²) in [7, 11) is 0. The average Bonchev–Trinajstić information content (AvgIpc) is 2.83. The normalized spacial score (nSPS) is 22.1. The van der Waals surface area contributed by atoms with Crippen LogP contribution in [0.1, 0.15) is 50.9 Å². The SMILES string of the molecule is CC.CC(=O)N1CCN(c2nn(C3CC4(CNC4)C3)c(C)c2C)CC1. The summed E-state index contributed by atoms with van der Waals surface area (Å²) in [6.07, 6.45) is 2.53. The van der Waals surface area contributed by atoms with Crippen molar-refractivity contribution in [3.8, 4) is 0 Å². The Morgan fingerprint density at radius 3 is 2.20 bits per heavy atom. The molecule has 1 aliphatic carbocycles. The van der Waals surface area contributed by atoms with Crippen molar-refractivity contribution in [2.45, 2.75) is 53.5 Å². The third-order valence-electron chi connectivity index (χ3n) is 6.13. The Balaban J connectivity index is 0.000000880. The molecule has 0 aromatic carbocycles. The van der Waals surface area contributed by atoms with Crippen molar-refractivity contribution >= 4 is 11.7 Å². The van der Waals surface area contributed by atoms with Gasteiger partial charge >= 0.3 is 0 Å². The van der Waals surface area contributed by atoms with Gasteiger partial charge in [0, 0.05) is 57.4 Å². The molecule has 2 aliphatic heterocycles. The standard InChI is InChI=1S/C17H27N5O.C2H6/c1-12-13(2)22(15-8-17(9-15)10-18-11-17)19-16(12)21-6-4-20(5-7-21)14(3)23;1-2/h15,18H,4-11H2,1-3H3;1-2H3. The molecule has 6 heteroatoms. The highest BCUT2D eigenvalue weighted by molar-refractivity contribution is 5.73. The Kier molecular flexibility index (Phi) is 5.09. The Morgan fingerprint density at radius 1 is 1.12 bits per heavy atom. The molecule has 1 spiro atoms. The van der Waals surface area contributed by atoms with E-state index in [1.807, 2.05) is 18.7 Å². The monoisotopic (exact) mass is 347 g/mol. The van der Waals surface area contributed by atoms with Crippen molar-refractivity contribution in [2.75, 3.05) is 44.2 Å². The molecule has 1 saturated carbocycles. The number of piperazine rings is 1. The number of nitrogens with zero attached hydrogens (tertiary/aromatic N) is 4. The summed E-state index contributed by atoms with van der Waals surface area (Å²) in [6.45, 7) is 15.8. The maximum atomic E-state index is 11.5. The van der Waals surface area contributed by atoms with Crippen molar-refractivity contribution in [1.82, 2.24) is 20.0 Å². The van der Waals surface area contributed by atoms with E-state index in [9.17, 15) is 4.79 Å². The molecular weight excluding hydrogens is 314 g/mol. The van der Waals surface area contributed by atoms with Crippen LogP contribution in [0.5, 0.6) is 0 Å². The van der Waals surface area contributed by atoms with Crippen molar-refractivity contribution in [1.29, 1.82) is 0 Å². The van der Waals surface area contributed by atoms with Crippen molar-refractivity contribution < 1.29 is 4.79 Å². The quantitative estimate of drug-likeness (QED) is 0.890. The lowest BCUT2D eigenvalue weighted by atomic mass is 9.61. The molecule has 0 radical (unpaired) electrons. The van der Waals surface area contributed by atoms with E-state index in [2.05, 4.69) is 28.7 Å². The molecule has 25 heavy (non-hydrogen) atoms. The van der Waals surface area contributed by atoms with E-state index in [1.54, 1.807) is 6.92 Å². The molecular formula is C19H33N5O. The van der Waals surface area contributed by atoms with Gasteiger partial charge in [0.15, 0.2) is 5.82 Å². The number of hydrogen-bond donors (Lipinski definition) is 1. The van der Waals surface area contributed by atoms with Crippen molar-refractivity contribution in [2.24, 2.45) is 5.41 Å². The van der Waals surface area contributed by atoms with Crippen LogP contribution in [0.2, 0.25) is 0 Å². The zero-order valence-corrected chi connectivity index (χ0v) is 16.4. The second-order valence-electron chi connectivity index (χ2n) is 7.64. The third kappa shape index (κ3) is 3.16. The summed E-state index contributed by atoms with van der Waals surface area (Å²) in [4.78, 5) is 15.8. The number of hydrogen-bond acceptors (Lipinski definition) is 4. The average molecular weight is 348 g/mol. The lowest BCUT2D eigenvalue weighted by molar-refractivity contribution is -0.129. The van der Waals surface area contributed by atoms with Gasteiger partial charge in [-0.25, -0.2) is 0 Å².